The van der Waals surface area contributed by atoms with Gasteiger partial charge in [-0.25, -0.2) is 4.98 Å². The molecule has 154 valence electrons. The van der Waals surface area contributed by atoms with E-state index in [-0.39, 0.29) is 17.8 Å². The number of carbonyl (C=O) groups excluding carboxylic acids is 2. The number of non-ortho nitro benzene ring substituents is 1. The second-order valence-corrected chi connectivity index (χ2v) is 7.95. The number of nitrogens with one attached hydrogen (secondary N) is 2. The number of nitrogens with zero attached hydrogens (tertiary/aromatic N) is 2. The van der Waals surface area contributed by atoms with Crippen LogP contribution in [0.3, 0.4) is 0 Å². The lowest BCUT2D eigenvalue weighted by Crippen LogP contribution is -2.32. The van der Waals surface area contributed by atoms with Crippen LogP contribution in [0.1, 0.15) is 26.4 Å². The zero-order valence-corrected chi connectivity index (χ0v) is 17.4. The van der Waals surface area contributed by atoms with Crippen molar-refractivity contribution in [2.45, 2.75) is 13.3 Å². The van der Waals surface area contributed by atoms with Gasteiger partial charge in [-0.15, -0.1) is 11.3 Å². The average Bonchev–Trinajstić information content (AvgIpc) is 3.15. The highest BCUT2D eigenvalue weighted by molar-refractivity contribution is 7.15. The van der Waals surface area contributed by atoms with E-state index in [0.717, 1.165) is 22.1 Å². The quantitative estimate of drug-likeness (QED) is 0.422. The van der Waals surface area contributed by atoms with E-state index in [2.05, 4.69) is 15.6 Å². The van der Waals surface area contributed by atoms with Gasteiger partial charge < -0.3 is 10.6 Å². The lowest BCUT2D eigenvalue weighted by Gasteiger charge is -2.05. The van der Waals surface area contributed by atoms with Gasteiger partial charge in [0, 0.05) is 40.2 Å². The first-order valence-electron chi connectivity index (χ1n) is 8.84. The van der Waals surface area contributed by atoms with Crippen LogP contribution in [-0.2, 0) is 11.2 Å². The number of thiazole rings is 1. The smallest absolute Gasteiger partial charge is 0.270 e. The summed E-state index contributed by atoms with van der Waals surface area (Å²) in [6.07, 6.45) is 2.31. The Morgan fingerprint density at radius 2 is 2.03 bits per heavy atom. The molecule has 0 fully saturated rings. The average molecular weight is 445 g/mol. The zero-order chi connectivity index (χ0) is 21.7. The zero-order valence-electron chi connectivity index (χ0n) is 15.8. The van der Waals surface area contributed by atoms with Crippen LogP contribution in [-0.4, -0.2) is 28.3 Å². The van der Waals surface area contributed by atoms with E-state index < -0.39 is 16.7 Å². The number of carbonyl (C=O) groups is 2. The molecule has 1 aromatic heterocycles. The first-order valence-corrected chi connectivity index (χ1v) is 10.0. The Balaban J connectivity index is 1.53. The minimum Gasteiger partial charge on any atom is -0.343 e. The molecule has 10 heteroatoms. The Labute approximate surface area is 181 Å². The number of anilines is 1. The molecule has 8 nitrogen and oxygen atoms in total. The SMILES string of the molecule is Cc1ccc(Cc2cnc(NC(=O)CNC(=O)c3cccc([N+](=O)[O-])c3)s2)cc1Cl. The molecule has 0 aliphatic heterocycles. The number of hydrogen-bond donors (Lipinski definition) is 2. The van der Waals surface area contributed by atoms with Gasteiger partial charge in [-0.05, 0) is 30.2 Å². The van der Waals surface area contributed by atoms with Gasteiger partial charge in [-0.3, -0.25) is 19.7 Å². The highest BCUT2D eigenvalue weighted by atomic mass is 35.5. The molecule has 2 aromatic carbocycles. The predicted molar refractivity (Wildman–Crippen MR) is 115 cm³/mol. The molecule has 0 spiro atoms. The molecule has 3 rings (SSSR count). The molecule has 0 atom stereocenters. The molecule has 0 saturated carbocycles. The molecule has 0 saturated heterocycles. The van der Waals surface area contributed by atoms with Gasteiger partial charge in [-0.2, -0.15) is 0 Å². The third-order valence-electron chi connectivity index (χ3n) is 4.14. The number of aryl methyl sites for hydroxylation is 1. The summed E-state index contributed by atoms with van der Waals surface area (Å²) in [6, 6.07) is 11.1. The molecule has 0 aliphatic rings. The van der Waals surface area contributed by atoms with Gasteiger partial charge in [0.25, 0.3) is 11.6 Å². The second kappa shape index (κ2) is 9.47. The number of halogens is 1. The largest absolute Gasteiger partial charge is 0.343 e. The number of hydrogen-bond acceptors (Lipinski definition) is 6. The molecule has 0 aliphatic carbocycles. The maximum absolute atomic E-state index is 12.1. The molecule has 2 N–H and O–H groups in total. The standard InChI is InChI=1S/C20H17ClN4O4S/c1-12-5-6-13(8-17(12)21)7-16-10-23-20(30-16)24-18(26)11-22-19(27)14-3-2-4-15(9-14)25(28)29/h2-6,8-10H,7,11H2,1H3,(H,22,27)(H,23,24,26). The van der Waals surface area contributed by atoms with E-state index in [1.165, 1.54) is 29.5 Å². The van der Waals surface area contributed by atoms with E-state index in [4.69, 9.17) is 11.6 Å². The maximum Gasteiger partial charge on any atom is 0.270 e. The van der Waals surface area contributed by atoms with Crippen molar-refractivity contribution in [3.05, 3.63) is 85.4 Å². The fraction of sp³-hybridized carbons (Fsp3) is 0.150. The molecule has 0 radical (unpaired) electrons. The van der Waals surface area contributed by atoms with Crippen molar-refractivity contribution in [3.8, 4) is 0 Å². The second-order valence-electron chi connectivity index (χ2n) is 6.43. The summed E-state index contributed by atoms with van der Waals surface area (Å²) in [5, 5.41) is 17.0. The summed E-state index contributed by atoms with van der Waals surface area (Å²) < 4.78 is 0. The number of aromatic nitrogens is 1. The minimum absolute atomic E-state index is 0.102. The first kappa shape index (κ1) is 21.4. The minimum atomic E-state index is -0.589. The summed E-state index contributed by atoms with van der Waals surface area (Å²) in [5.74, 6) is -1.03. The van der Waals surface area contributed by atoms with E-state index in [9.17, 15) is 19.7 Å². The molecule has 0 unspecified atom stereocenters. The number of amides is 2. The van der Waals surface area contributed by atoms with Crippen LogP contribution in [0.2, 0.25) is 5.02 Å². The highest BCUT2D eigenvalue weighted by Crippen LogP contribution is 2.23. The van der Waals surface area contributed by atoms with Crippen molar-refractivity contribution in [1.29, 1.82) is 0 Å². The maximum atomic E-state index is 12.1. The van der Waals surface area contributed by atoms with E-state index in [1.807, 2.05) is 25.1 Å². The van der Waals surface area contributed by atoms with E-state index in [0.29, 0.717) is 16.6 Å². The molecule has 1 heterocycles. The Morgan fingerprint density at radius 1 is 1.23 bits per heavy atom. The molecular weight excluding hydrogens is 428 g/mol. The van der Waals surface area contributed by atoms with Crippen LogP contribution in [0.4, 0.5) is 10.8 Å². The lowest BCUT2D eigenvalue weighted by atomic mass is 10.1. The van der Waals surface area contributed by atoms with Gasteiger partial charge in [0.2, 0.25) is 5.91 Å². The molecule has 0 bridgehead atoms. The summed E-state index contributed by atoms with van der Waals surface area (Å²) >= 11 is 7.47. The van der Waals surface area contributed by atoms with Crippen molar-refractivity contribution >= 4 is 45.6 Å². The van der Waals surface area contributed by atoms with Crippen LogP contribution in [0, 0.1) is 17.0 Å². The summed E-state index contributed by atoms with van der Waals surface area (Å²) in [7, 11) is 0. The van der Waals surface area contributed by atoms with Gasteiger partial charge in [0.15, 0.2) is 5.13 Å². The van der Waals surface area contributed by atoms with Crippen LogP contribution >= 0.6 is 22.9 Å². The molecule has 3 aromatic rings. The topological polar surface area (TPSA) is 114 Å². The Hall–Kier alpha value is -3.30. The fourth-order valence-corrected chi connectivity index (χ4v) is 3.65. The van der Waals surface area contributed by atoms with Crippen LogP contribution in [0.5, 0.6) is 0 Å². The van der Waals surface area contributed by atoms with Gasteiger partial charge >= 0.3 is 0 Å². The predicted octanol–water partition coefficient (Wildman–Crippen LogP) is 3.97. The molecular formula is C20H17ClN4O4S. The van der Waals surface area contributed by atoms with Gasteiger partial charge in [0.05, 0.1) is 11.5 Å². The first-order chi connectivity index (χ1) is 14.3. The number of benzene rings is 2. The van der Waals surface area contributed by atoms with Crippen molar-refractivity contribution < 1.29 is 14.5 Å². The lowest BCUT2D eigenvalue weighted by molar-refractivity contribution is -0.384. The van der Waals surface area contributed by atoms with Gasteiger partial charge in [0.1, 0.15) is 0 Å². The molecule has 2 amide bonds. The summed E-state index contributed by atoms with van der Waals surface area (Å²) in [6.45, 7) is 1.65. The Bertz CT molecular complexity index is 1120. The fourth-order valence-electron chi connectivity index (χ4n) is 2.58. The Morgan fingerprint density at radius 3 is 2.77 bits per heavy atom. The number of nitro benzene ring substituents is 1. The van der Waals surface area contributed by atoms with Crippen LogP contribution in [0.25, 0.3) is 0 Å². The van der Waals surface area contributed by atoms with Gasteiger partial charge in [-0.1, -0.05) is 29.8 Å². The van der Waals surface area contributed by atoms with Crippen LogP contribution < -0.4 is 10.6 Å². The van der Waals surface area contributed by atoms with Crippen molar-refractivity contribution in [2.24, 2.45) is 0 Å². The normalized spacial score (nSPS) is 10.5. The third kappa shape index (κ3) is 5.62. The monoisotopic (exact) mass is 444 g/mol. The van der Waals surface area contributed by atoms with Crippen LogP contribution in [0.15, 0.2) is 48.7 Å². The number of rotatable bonds is 7. The van der Waals surface area contributed by atoms with E-state index in [1.54, 1.807) is 6.20 Å². The number of nitro groups is 1. The Kier molecular flexibility index (Phi) is 6.76. The third-order valence-corrected chi connectivity index (χ3v) is 5.46. The highest BCUT2D eigenvalue weighted by Gasteiger charge is 2.13. The van der Waals surface area contributed by atoms with Crippen molar-refractivity contribution in [3.63, 3.8) is 0 Å². The molecule has 30 heavy (non-hydrogen) atoms. The van der Waals surface area contributed by atoms with Crippen molar-refractivity contribution in [2.75, 3.05) is 11.9 Å². The van der Waals surface area contributed by atoms with E-state index >= 15 is 0 Å². The van der Waals surface area contributed by atoms with Crippen molar-refractivity contribution in [1.82, 2.24) is 10.3 Å². The summed E-state index contributed by atoms with van der Waals surface area (Å²) in [5.41, 5.74) is 1.95. The summed E-state index contributed by atoms with van der Waals surface area (Å²) in [4.78, 5) is 39.5.